The summed E-state index contributed by atoms with van der Waals surface area (Å²) in [6.45, 7) is 3.04. The zero-order valence-corrected chi connectivity index (χ0v) is 16.4. The lowest BCUT2D eigenvalue weighted by atomic mass is 9.87. The number of carbonyl (C=O) groups is 1. The first-order chi connectivity index (χ1) is 14.2. The molecule has 2 aliphatic rings. The Labute approximate surface area is 170 Å². The molecule has 0 saturated heterocycles. The standard InChI is InChI=1S/C24H23N3O2/c1-17-11-12-22(26-25-17)27(16-18-7-3-2-4-8-18)23(28)20-15-24(20)13-14-29-21-10-6-5-9-19(21)24/h2-12,20H,13-16H2,1H3/t20-,24-/m0/s1. The Kier molecular flexibility index (Phi) is 4.31. The summed E-state index contributed by atoms with van der Waals surface area (Å²) in [6, 6.07) is 22.0. The van der Waals surface area contributed by atoms with Gasteiger partial charge in [0, 0.05) is 16.9 Å². The van der Waals surface area contributed by atoms with E-state index in [1.165, 1.54) is 5.56 Å². The maximum absolute atomic E-state index is 13.7. The predicted molar refractivity (Wildman–Crippen MR) is 111 cm³/mol. The van der Waals surface area contributed by atoms with Gasteiger partial charge in [0.1, 0.15) is 5.75 Å². The van der Waals surface area contributed by atoms with Crippen LogP contribution in [0.15, 0.2) is 66.7 Å². The Bertz CT molecular complexity index is 1040. The number of amides is 1. The van der Waals surface area contributed by atoms with Crippen molar-refractivity contribution >= 4 is 11.7 Å². The van der Waals surface area contributed by atoms with E-state index in [9.17, 15) is 4.79 Å². The molecule has 0 unspecified atom stereocenters. The third-order valence-electron chi connectivity index (χ3n) is 6.11. The van der Waals surface area contributed by atoms with Crippen molar-refractivity contribution in [3.8, 4) is 5.75 Å². The number of para-hydroxylation sites is 1. The van der Waals surface area contributed by atoms with Crippen LogP contribution in [-0.4, -0.2) is 22.7 Å². The number of carbonyl (C=O) groups excluding carboxylic acids is 1. The van der Waals surface area contributed by atoms with Crippen LogP contribution in [0.4, 0.5) is 5.82 Å². The molecular weight excluding hydrogens is 362 g/mol. The van der Waals surface area contributed by atoms with Gasteiger partial charge in [-0.15, -0.1) is 5.10 Å². The monoisotopic (exact) mass is 385 g/mol. The fourth-order valence-corrected chi connectivity index (χ4v) is 4.45. The lowest BCUT2D eigenvalue weighted by molar-refractivity contribution is -0.120. The summed E-state index contributed by atoms with van der Waals surface area (Å²) in [7, 11) is 0. The number of aromatic nitrogens is 2. The summed E-state index contributed by atoms with van der Waals surface area (Å²) in [5.41, 5.74) is 2.96. The summed E-state index contributed by atoms with van der Waals surface area (Å²) >= 11 is 0. The molecule has 1 aliphatic carbocycles. The molecule has 3 aromatic rings. The molecule has 5 rings (SSSR count). The molecule has 5 heteroatoms. The second-order valence-corrected chi connectivity index (χ2v) is 7.95. The van der Waals surface area contributed by atoms with Crippen molar-refractivity contribution in [2.45, 2.75) is 31.7 Å². The van der Waals surface area contributed by atoms with Crippen molar-refractivity contribution in [1.82, 2.24) is 10.2 Å². The zero-order valence-electron chi connectivity index (χ0n) is 16.4. The normalized spacial score (nSPS) is 21.9. The van der Waals surface area contributed by atoms with Crippen molar-refractivity contribution in [2.75, 3.05) is 11.5 Å². The van der Waals surface area contributed by atoms with E-state index in [0.717, 1.165) is 29.8 Å². The SMILES string of the molecule is Cc1ccc(N(Cc2ccccc2)C(=O)[C@@H]2C[C@]23CCOc2ccccc23)nn1. The van der Waals surface area contributed by atoms with Gasteiger partial charge in [-0.25, -0.2) is 0 Å². The van der Waals surface area contributed by atoms with Crippen LogP contribution < -0.4 is 9.64 Å². The lowest BCUT2D eigenvalue weighted by Crippen LogP contribution is -2.36. The average Bonchev–Trinajstić information content (AvgIpc) is 3.48. The highest BCUT2D eigenvalue weighted by Gasteiger charge is 2.62. The van der Waals surface area contributed by atoms with Gasteiger partial charge < -0.3 is 4.74 Å². The van der Waals surface area contributed by atoms with Crippen molar-refractivity contribution < 1.29 is 9.53 Å². The molecule has 2 atom stereocenters. The van der Waals surface area contributed by atoms with Gasteiger partial charge in [0.05, 0.1) is 18.8 Å². The first kappa shape index (κ1) is 17.9. The maximum Gasteiger partial charge on any atom is 0.232 e. The summed E-state index contributed by atoms with van der Waals surface area (Å²) in [5.74, 6) is 1.58. The number of ether oxygens (including phenoxy) is 1. The molecule has 0 bridgehead atoms. The molecule has 0 N–H and O–H groups in total. The molecule has 1 saturated carbocycles. The van der Waals surface area contributed by atoms with Crippen LogP contribution in [0.3, 0.4) is 0 Å². The second kappa shape index (κ2) is 6.99. The number of rotatable bonds is 4. The minimum absolute atomic E-state index is 0.0561. The van der Waals surface area contributed by atoms with E-state index in [1.807, 2.05) is 67.6 Å². The highest BCUT2D eigenvalue weighted by molar-refractivity contribution is 5.97. The van der Waals surface area contributed by atoms with Gasteiger partial charge in [-0.2, -0.15) is 5.10 Å². The lowest BCUT2D eigenvalue weighted by Gasteiger charge is -2.28. The van der Waals surface area contributed by atoms with E-state index in [1.54, 1.807) is 4.90 Å². The Morgan fingerprint density at radius 3 is 2.66 bits per heavy atom. The summed E-state index contributed by atoms with van der Waals surface area (Å²) in [6.07, 6.45) is 1.73. The van der Waals surface area contributed by atoms with E-state index < -0.39 is 0 Å². The molecule has 2 heterocycles. The second-order valence-electron chi connectivity index (χ2n) is 7.95. The largest absolute Gasteiger partial charge is 0.493 e. The molecule has 5 nitrogen and oxygen atoms in total. The Balaban J connectivity index is 1.47. The van der Waals surface area contributed by atoms with Gasteiger partial charge in [-0.1, -0.05) is 48.5 Å². The number of hydrogen-bond acceptors (Lipinski definition) is 4. The molecule has 1 aromatic heterocycles. The summed E-state index contributed by atoms with van der Waals surface area (Å²) in [4.78, 5) is 15.5. The van der Waals surface area contributed by atoms with E-state index >= 15 is 0 Å². The fraction of sp³-hybridized carbons (Fsp3) is 0.292. The quantitative estimate of drug-likeness (QED) is 0.680. The minimum atomic E-state index is -0.112. The molecule has 29 heavy (non-hydrogen) atoms. The van der Waals surface area contributed by atoms with Crippen LogP contribution in [-0.2, 0) is 16.8 Å². The molecule has 1 amide bonds. The number of benzene rings is 2. The van der Waals surface area contributed by atoms with E-state index in [0.29, 0.717) is 19.0 Å². The van der Waals surface area contributed by atoms with Crippen LogP contribution in [0.5, 0.6) is 5.75 Å². The number of aryl methyl sites for hydroxylation is 1. The molecule has 1 aliphatic heterocycles. The molecule has 2 aromatic carbocycles. The zero-order chi connectivity index (χ0) is 19.8. The Hall–Kier alpha value is -3.21. The van der Waals surface area contributed by atoms with Crippen molar-refractivity contribution in [2.24, 2.45) is 5.92 Å². The molecule has 146 valence electrons. The summed E-state index contributed by atoms with van der Waals surface area (Å²) in [5, 5.41) is 8.49. The molecule has 1 spiro atoms. The third kappa shape index (κ3) is 3.16. The van der Waals surface area contributed by atoms with Crippen molar-refractivity contribution in [3.05, 3.63) is 83.6 Å². The van der Waals surface area contributed by atoms with Crippen LogP contribution in [0.25, 0.3) is 0 Å². The van der Waals surface area contributed by atoms with E-state index in [4.69, 9.17) is 4.74 Å². The summed E-state index contributed by atoms with van der Waals surface area (Å²) < 4.78 is 5.83. The van der Waals surface area contributed by atoms with Crippen molar-refractivity contribution in [1.29, 1.82) is 0 Å². The van der Waals surface area contributed by atoms with Crippen LogP contribution in [0.2, 0.25) is 0 Å². The number of nitrogens with zero attached hydrogens (tertiary/aromatic N) is 3. The Morgan fingerprint density at radius 2 is 1.86 bits per heavy atom. The first-order valence-electron chi connectivity index (χ1n) is 10.1. The predicted octanol–water partition coefficient (Wildman–Crippen LogP) is 4.06. The molecular formula is C24H23N3O2. The van der Waals surface area contributed by atoms with E-state index in [-0.39, 0.29) is 17.2 Å². The van der Waals surface area contributed by atoms with Gasteiger partial charge in [-0.05, 0) is 43.5 Å². The molecule has 1 fully saturated rings. The van der Waals surface area contributed by atoms with Crippen LogP contribution >= 0.6 is 0 Å². The number of fused-ring (bicyclic) bond motifs is 2. The first-order valence-corrected chi connectivity index (χ1v) is 10.1. The van der Waals surface area contributed by atoms with Gasteiger partial charge in [0.2, 0.25) is 5.91 Å². The maximum atomic E-state index is 13.7. The third-order valence-corrected chi connectivity index (χ3v) is 6.11. The fourth-order valence-electron chi connectivity index (χ4n) is 4.45. The van der Waals surface area contributed by atoms with Crippen LogP contribution in [0, 0.1) is 12.8 Å². The van der Waals surface area contributed by atoms with Gasteiger partial charge >= 0.3 is 0 Å². The van der Waals surface area contributed by atoms with Gasteiger partial charge in [0.15, 0.2) is 5.82 Å². The average molecular weight is 385 g/mol. The van der Waals surface area contributed by atoms with E-state index in [2.05, 4.69) is 16.3 Å². The highest BCUT2D eigenvalue weighted by atomic mass is 16.5. The number of hydrogen-bond donors (Lipinski definition) is 0. The molecule has 0 radical (unpaired) electrons. The minimum Gasteiger partial charge on any atom is -0.493 e. The smallest absolute Gasteiger partial charge is 0.232 e. The highest BCUT2D eigenvalue weighted by Crippen LogP contribution is 2.61. The van der Waals surface area contributed by atoms with Gasteiger partial charge in [0.25, 0.3) is 0 Å². The van der Waals surface area contributed by atoms with Gasteiger partial charge in [-0.3, -0.25) is 9.69 Å². The van der Waals surface area contributed by atoms with Crippen LogP contribution in [0.1, 0.15) is 29.7 Å². The number of anilines is 1. The Morgan fingerprint density at radius 1 is 1.07 bits per heavy atom. The topological polar surface area (TPSA) is 55.3 Å². The van der Waals surface area contributed by atoms with Crippen molar-refractivity contribution in [3.63, 3.8) is 0 Å².